The van der Waals surface area contributed by atoms with Gasteiger partial charge in [0.15, 0.2) is 5.76 Å². The lowest BCUT2D eigenvalue weighted by Crippen LogP contribution is -2.26. The third-order valence-corrected chi connectivity index (χ3v) is 2.43. The number of alkyl halides is 1. The first-order valence-electron chi connectivity index (χ1n) is 5.20. The second-order valence-corrected chi connectivity index (χ2v) is 4.11. The van der Waals surface area contributed by atoms with Crippen LogP contribution in [0.4, 0.5) is 5.88 Å². The van der Waals surface area contributed by atoms with Gasteiger partial charge in [-0.2, -0.15) is 0 Å². The molecule has 1 heterocycles. The number of ether oxygens (including phenoxy) is 1. The molecule has 0 saturated carbocycles. The van der Waals surface area contributed by atoms with Gasteiger partial charge in [-0.3, -0.25) is 14.9 Å². The van der Waals surface area contributed by atoms with Crippen LogP contribution in [-0.2, 0) is 4.74 Å². The first kappa shape index (κ1) is 14.5. The van der Waals surface area contributed by atoms with Gasteiger partial charge in [-0.05, 0) is 12.5 Å². The normalized spacial score (nSPS) is 12.1. The molecule has 0 aromatic carbocycles. The van der Waals surface area contributed by atoms with E-state index in [-0.39, 0.29) is 11.1 Å². The number of rotatable bonds is 7. The van der Waals surface area contributed by atoms with Gasteiger partial charge in [0.1, 0.15) is 4.92 Å². The van der Waals surface area contributed by atoms with Crippen molar-refractivity contribution in [1.82, 2.24) is 5.32 Å². The molecule has 18 heavy (non-hydrogen) atoms. The molecular weight excluding hydrogens is 264 g/mol. The van der Waals surface area contributed by atoms with E-state index in [4.69, 9.17) is 20.8 Å². The quantitative estimate of drug-likeness (QED) is 0.463. The zero-order chi connectivity index (χ0) is 13.5. The minimum absolute atomic E-state index is 0.0976. The Kier molecular flexibility index (Phi) is 5.60. The summed E-state index contributed by atoms with van der Waals surface area (Å²) in [5, 5.41) is 12.7. The number of nitrogens with one attached hydrogen (secondary N) is 1. The van der Waals surface area contributed by atoms with E-state index in [9.17, 15) is 14.9 Å². The van der Waals surface area contributed by atoms with Crippen LogP contribution >= 0.6 is 11.6 Å². The molecule has 1 aromatic rings. The molecule has 1 unspecified atom stereocenters. The minimum atomic E-state index is -0.704. The Morgan fingerprint density at radius 3 is 2.94 bits per heavy atom. The third kappa shape index (κ3) is 4.34. The van der Waals surface area contributed by atoms with Crippen molar-refractivity contribution in [2.45, 2.75) is 11.8 Å². The summed E-state index contributed by atoms with van der Waals surface area (Å²) in [5.41, 5.74) is 0. The van der Waals surface area contributed by atoms with E-state index >= 15 is 0 Å². The Bertz CT molecular complexity index is 420. The molecule has 1 N–H and O–H groups in total. The monoisotopic (exact) mass is 276 g/mol. The van der Waals surface area contributed by atoms with Crippen molar-refractivity contribution in [2.75, 3.05) is 20.3 Å². The molecule has 0 bridgehead atoms. The number of carbonyl (C=O) groups is 1. The first-order chi connectivity index (χ1) is 8.54. The number of halogens is 1. The van der Waals surface area contributed by atoms with Crippen molar-refractivity contribution in [3.8, 4) is 0 Å². The predicted octanol–water partition coefficient (Wildman–Crippen LogP) is 1.56. The molecule has 1 rings (SSSR count). The average molecular weight is 277 g/mol. The molecule has 0 aliphatic rings. The molecule has 0 radical (unpaired) electrons. The van der Waals surface area contributed by atoms with Gasteiger partial charge in [0, 0.05) is 13.7 Å². The molecule has 0 fully saturated rings. The van der Waals surface area contributed by atoms with Crippen LogP contribution in [0.3, 0.4) is 0 Å². The summed E-state index contributed by atoms with van der Waals surface area (Å²) in [6.45, 7) is 0.731. The zero-order valence-corrected chi connectivity index (χ0v) is 10.5. The largest absolute Gasteiger partial charge is 0.433 e. The molecule has 0 spiro atoms. The van der Waals surface area contributed by atoms with E-state index in [0.29, 0.717) is 19.6 Å². The second kappa shape index (κ2) is 6.97. The first-order valence-corrected chi connectivity index (χ1v) is 5.63. The fraction of sp³-hybridized carbons (Fsp3) is 0.500. The third-order valence-electron chi connectivity index (χ3n) is 2.09. The maximum absolute atomic E-state index is 11.5. The molecule has 0 aliphatic heterocycles. The number of amides is 1. The van der Waals surface area contributed by atoms with Crippen molar-refractivity contribution in [3.05, 3.63) is 28.0 Å². The summed E-state index contributed by atoms with van der Waals surface area (Å²) in [7, 11) is 1.54. The fourth-order valence-electron chi connectivity index (χ4n) is 1.24. The van der Waals surface area contributed by atoms with Crippen molar-refractivity contribution in [2.24, 2.45) is 0 Å². The highest BCUT2D eigenvalue weighted by atomic mass is 35.5. The van der Waals surface area contributed by atoms with E-state index in [0.717, 1.165) is 6.07 Å². The molecule has 0 saturated heterocycles. The predicted molar refractivity (Wildman–Crippen MR) is 63.8 cm³/mol. The van der Waals surface area contributed by atoms with E-state index < -0.39 is 16.7 Å². The van der Waals surface area contributed by atoms with Crippen LogP contribution in [-0.4, -0.2) is 36.5 Å². The smallest absolute Gasteiger partial charge is 0.395 e. The summed E-state index contributed by atoms with van der Waals surface area (Å²) < 4.78 is 9.58. The van der Waals surface area contributed by atoms with Crippen LogP contribution < -0.4 is 5.32 Å². The van der Waals surface area contributed by atoms with Gasteiger partial charge in [0.2, 0.25) is 0 Å². The number of furan rings is 1. The zero-order valence-electron chi connectivity index (χ0n) is 9.72. The van der Waals surface area contributed by atoms with Crippen molar-refractivity contribution in [1.29, 1.82) is 0 Å². The molecule has 1 amide bonds. The van der Waals surface area contributed by atoms with Crippen molar-refractivity contribution < 1.29 is 18.9 Å². The number of hydrogen-bond donors (Lipinski definition) is 1. The maximum atomic E-state index is 11.5. The average Bonchev–Trinajstić information content (AvgIpc) is 2.78. The number of carbonyl (C=O) groups excluding carboxylic acids is 1. The van der Waals surface area contributed by atoms with Crippen LogP contribution in [0.5, 0.6) is 0 Å². The van der Waals surface area contributed by atoms with E-state index in [1.807, 2.05) is 0 Å². The molecular formula is C10H13ClN2O5. The van der Waals surface area contributed by atoms with E-state index in [1.165, 1.54) is 13.2 Å². The van der Waals surface area contributed by atoms with Crippen LogP contribution in [0.15, 0.2) is 16.5 Å². The van der Waals surface area contributed by atoms with Crippen molar-refractivity contribution >= 4 is 23.4 Å². The topological polar surface area (TPSA) is 94.6 Å². The second-order valence-electron chi connectivity index (χ2n) is 3.49. The molecule has 0 aliphatic carbocycles. The van der Waals surface area contributed by atoms with Crippen LogP contribution in [0.1, 0.15) is 17.0 Å². The molecule has 1 aromatic heterocycles. The highest BCUT2D eigenvalue weighted by molar-refractivity contribution is 6.20. The number of nitrogens with zero attached hydrogens (tertiary/aromatic N) is 1. The summed E-state index contributed by atoms with van der Waals surface area (Å²) in [4.78, 5) is 21.2. The Labute approximate surface area is 108 Å². The Morgan fingerprint density at radius 1 is 1.67 bits per heavy atom. The molecule has 8 heteroatoms. The molecule has 1 atom stereocenters. The minimum Gasteiger partial charge on any atom is -0.395 e. The Morgan fingerprint density at radius 2 is 2.39 bits per heavy atom. The van der Waals surface area contributed by atoms with Crippen LogP contribution in [0, 0.1) is 10.1 Å². The lowest BCUT2D eigenvalue weighted by molar-refractivity contribution is -0.402. The fourth-order valence-corrected chi connectivity index (χ4v) is 1.48. The van der Waals surface area contributed by atoms with Crippen LogP contribution in [0.2, 0.25) is 0 Å². The van der Waals surface area contributed by atoms with Gasteiger partial charge in [-0.15, -0.1) is 11.6 Å². The Balaban J connectivity index is 2.38. The van der Waals surface area contributed by atoms with Crippen molar-refractivity contribution in [3.63, 3.8) is 0 Å². The van der Waals surface area contributed by atoms with Gasteiger partial charge < -0.3 is 14.5 Å². The Hall–Kier alpha value is -1.60. The lowest BCUT2D eigenvalue weighted by Gasteiger charge is -2.08. The summed E-state index contributed by atoms with van der Waals surface area (Å²) in [6.07, 6.45) is 0.532. The van der Waals surface area contributed by atoms with Gasteiger partial charge in [-0.1, -0.05) is 0 Å². The highest BCUT2D eigenvalue weighted by Crippen LogP contribution is 2.15. The summed E-state index contributed by atoms with van der Waals surface area (Å²) in [5.74, 6) is -1.07. The summed E-state index contributed by atoms with van der Waals surface area (Å²) >= 11 is 5.87. The molecule has 7 nitrogen and oxygen atoms in total. The van der Waals surface area contributed by atoms with Crippen LogP contribution in [0.25, 0.3) is 0 Å². The maximum Gasteiger partial charge on any atom is 0.433 e. The number of methoxy groups -OCH3 is 1. The number of hydrogen-bond acceptors (Lipinski definition) is 5. The summed E-state index contributed by atoms with van der Waals surface area (Å²) in [6, 6.07) is 2.38. The van der Waals surface area contributed by atoms with Gasteiger partial charge >= 0.3 is 5.88 Å². The SMILES string of the molecule is COCC(Cl)CCNC(=O)c1ccc([N+](=O)[O-])o1. The standard InChI is InChI=1S/C10H13ClN2O5/c1-17-6-7(11)4-5-12-10(14)8-2-3-9(18-8)13(15)16/h2-3,7H,4-6H2,1H3,(H,12,14). The number of nitro groups is 1. The lowest BCUT2D eigenvalue weighted by atomic mass is 10.3. The molecule has 100 valence electrons. The van der Waals surface area contributed by atoms with Gasteiger partial charge in [-0.25, -0.2) is 0 Å². The highest BCUT2D eigenvalue weighted by Gasteiger charge is 2.17. The van der Waals surface area contributed by atoms with Gasteiger partial charge in [0.05, 0.1) is 18.1 Å². The van der Waals surface area contributed by atoms with E-state index in [2.05, 4.69) is 5.32 Å². The van der Waals surface area contributed by atoms with Gasteiger partial charge in [0.25, 0.3) is 5.91 Å². The van der Waals surface area contributed by atoms with E-state index in [1.54, 1.807) is 0 Å².